The van der Waals surface area contributed by atoms with Gasteiger partial charge in [0.25, 0.3) is 0 Å². The molecule has 6 nitrogen and oxygen atoms in total. The van der Waals surface area contributed by atoms with Crippen molar-refractivity contribution in [2.24, 2.45) is 0 Å². The summed E-state index contributed by atoms with van der Waals surface area (Å²) < 4.78 is 13.3. The Morgan fingerprint density at radius 3 is 2.68 bits per heavy atom. The van der Waals surface area contributed by atoms with Gasteiger partial charge in [0.05, 0.1) is 38.2 Å². The van der Waals surface area contributed by atoms with Gasteiger partial charge in [-0.05, 0) is 68.0 Å². The van der Waals surface area contributed by atoms with Crippen LogP contribution in [0.15, 0.2) is 60.8 Å². The summed E-state index contributed by atoms with van der Waals surface area (Å²) in [7, 11) is 3.22. The molecule has 1 atom stereocenters. The molecule has 1 aliphatic carbocycles. The predicted octanol–water partition coefficient (Wildman–Crippen LogP) is 6.88. The number of aryl methyl sites for hydroxylation is 2. The fourth-order valence-corrected chi connectivity index (χ4v) is 7.08. The highest BCUT2D eigenvalue weighted by molar-refractivity contribution is 7.15. The number of benzene rings is 2. The molecule has 0 radical (unpaired) electrons. The number of thiophene rings is 1. The van der Waals surface area contributed by atoms with E-state index in [9.17, 15) is 4.79 Å². The minimum Gasteiger partial charge on any atom is -0.497 e. The maximum absolute atomic E-state index is 14.2. The predicted molar refractivity (Wildman–Crippen MR) is 147 cm³/mol. The molecule has 7 heteroatoms. The molecule has 190 valence electrons. The van der Waals surface area contributed by atoms with E-state index in [0.29, 0.717) is 23.7 Å². The number of ether oxygens (including phenoxy) is 2. The first-order chi connectivity index (χ1) is 18.1. The first kappa shape index (κ1) is 23.7. The molecule has 0 bridgehead atoms. The van der Waals surface area contributed by atoms with E-state index in [-0.39, 0.29) is 12.1 Å². The smallest absolute Gasteiger partial charge is 0.323 e. The minimum atomic E-state index is -0.245. The molecule has 4 aromatic rings. The van der Waals surface area contributed by atoms with E-state index in [1.165, 1.54) is 39.4 Å². The Bertz CT molecular complexity index is 1470. The van der Waals surface area contributed by atoms with Gasteiger partial charge in [0.15, 0.2) is 0 Å². The normalized spacial score (nSPS) is 16.3. The van der Waals surface area contributed by atoms with Crippen LogP contribution in [0, 0.1) is 6.92 Å². The van der Waals surface area contributed by atoms with Gasteiger partial charge < -0.3 is 24.3 Å². The molecule has 0 spiro atoms. The van der Waals surface area contributed by atoms with Crippen molar-refractivity contribution >= 4 is 23.1 Å². The number of amides is 2. The number of anilines is 1. The van der Waals surface area contributed by atoms with Crippen LogP contribution < -0.4 is 14.8 Å². The third-order valence-corrected chi connectivity index (χ3v) is 8.78. The molecular weight excluding hydrogens is 482 g/mol. The Labute approximate surface area is 221 Å². The lowest BCUT2D eigenvalue weighted by molar-refractivity contribution is 0.194. The molecule has 0 saturated heterocycles. The van der Waals surface area contributed by atoms with E-state index >= 15 is 0 Å². The van der Waals surface area contributed by atoms with Crippen molar-refractivity contribution in [2.75, 3.05) is 19.5 Å². The third-order valence-electron chi connectivity index (χ3n) is 7.45. The first-order valence-corrected chi connectivity index (χ1v) is 13.6. The maximum atomic E-state index is 14.2. The molecule has 3 heterocycles. The van der Waals surface area contributed by atoms with Crippen molar-refractivity contribution in [3.05, 3.63) is 93.6 Å². The van der Waals surface area contributed by atoms with E-state index in [1.54, 1.807) is 20.3 Å². The highest BCUT2D eigenvalue weighted by Gasteiger charge is 2.36. The maximum Gasteiger partial charge on any atom is 0.323 e. The third kappa shape index (κ3) is 4.17. The Balaban J connectivity index is 1.49. The van der Waals surface area contributed by atoms with Crippen LogP contribution in [0.5, 0.6) is 11.5 Å². The van der Waals surface area contributed by atoms with Gasteiger partial charge in [0.2, 0.25) is 0 Å². The lowest BCUT2D eigenvalue weighted by atomic mass is 9.95. The number of fused-ring (bicyclic) bond motifs is 5. The van der Waals surface area contributed by atoms with Crippen LogP contribution in [0.3, 0.4) is 0 Å². The molecule has 1 N–H and O–H groups in total. The molecule has 1 unspecified atom stereocenters. The van der Waals surface area contributed by atoms with Crippen LogP contribution in [0.4, 0.5) is 10.5 Å². The van der Waals surface area contributed by atoms with E-state index < -0.39 is 0 Å². The second kappa shape index (κ2) is 9.63. The number of hydrogen-bond acceptors (Lipinski definition) is 4. The van der Waals surface area contributed by atoms with Crippen molar-refractivity contribution in [1.29, 1.82) is 0 Å². The molecule has 1 aliphatic heterocycles. The Morgan fingerprint density at radius 1 is 1.00 bits per heavy atom. The van der Waals surface area contributed by atoms with Gasteiger partial charge in [-0.3, -0.25) is 0 Å². The number of rotatable bonds is 4. The molecule has 2 aromatic heterocycles. The zero-order valence-electron chi connectivity index (χ0n) is 21.4. The number of urea groups is 1. The highest BCUT2D eigenvalue weighted by atomic mass is 32.1. The second-order valence-corrected chi connectivity index (χ2v) is 10.8. The molecule has 2 aliphatic rings. The number of nitrogens with zero attached hydrogens (tertiary/aromatic N) is 2. The number of nitrogens with one attached hydrogen (secondary N) is 1. The van der Waals surface area contributed by atoms with Crippen molar-refractivity contribution < 1.29 is 14.3 Å². The molecule has 37 heavy (non-hydrogen) atoms. The van der Waals surface area contributed by atoms with Gasteiger partial charge in [0.1, 0.15) is 16.5 Å². The van der Waals surface area contributed by atoms with E-state index in [1.807, 2.05) is 28.4 Å². The summed E-state index contributed by atoms with van der Waals surface area (Å²) in [5, 5.41) is 4.40. The van der Waals surface area contributed by atoms with Crippen molar-refractivity contribution in [1.82, 2.24) is 9.47 Å². The summed E-state index contributed by atoms with van der Waals surface area (Å²) in [6.45, 7) is 2.64. The monoisotopic (exact) mass is 513 g/mol. The topological polar surface area (TPSA) is 55.7 Å². The number of hydrogen-bond donors (Lipinski definition) is 1. The number of aromatic nitrogens is 1. The second-order valence-electron chi connectivity index (χ2n) is 9.74. The van der Waals surface area contributed by atoms with Gasteiger partial charge in [-0.1, -0.05) is 29.8 Å². The zero-order valence-corrected chi connectivity index (χ0v) is 22.2. The van der Waals surface area contributed by atoms with Crippen molar-refractivity contribution in [3.8, 4) is 16.5 Å². The number of methoxy groups -OCH3 is 2. The summed E-state index contributed by atoms with van der Waals surface area (Å²) in [6.07, 6.45) is 6.77. The summed E-state index contributed by atoms with van der Waals surface area (Å²) in [5.74, 6) is 1.25. The van der Waals surface area contributed by atoms with Gasteiger partial charge in [-0.15, -0.1) is 11.3 Å². The Kier molecular flexibility index (Phi) is 6.16. The van der Waals surface area contributed by atoms with Gasteiger partial charge >= 0.3 is 6.03 Å². The molecular formula is C30H31N3O3S. The fraction of sp³-hybridized carbons (Fsp3) is 0.300. The standard InChI is InChI=1S/C30H31N3O3S/c1-19-8-6-9-20(16-19)28-25-11-7-15-32(25)29-23(22-10-4-5-12-27(22)37-29)18-33(28)30(34)31-24-17-21(35-2)13-14-26(24)36-3/h6-9,11,13-17,28H,4-5,10,12,18H2,1-3H3,(H,31,34). The summed E-state index contributed by atoms with van der Waals surface area (Å²) in [4.78, 5) is 17.7. The summed E-state index contributed by atoms with van der Waals surface area (Å²) >= 11 is 1.90. The van der Waals surface area contributed by atoms with Gasteiger partial charge in [-0.2, -0.15) is 0 Å². The molecule has 6 rings (SSSR count). The van der Waals surface area contributed by atoms with Crippen molar-refractivity contribution in [3.63, 3.8) is 0 Å². The molecule has 2 amide bonds. The van der Waals surface area contributed by atoms with Crippen LogP contribution in [0.2, 0.25) is 0 Å². The number of carbonyl (C=O) groups is 1. The van der Waals surface area contributed by atoms with Gasteiger partial charge in [-0.25, -0.2) is 4.79 Å². The van der Waals surface area contributed by atoms with Crippen LogP contribution in [-0.2, 0) is 19.4 Å². The fourth-order valence-electron chi connectivity index (χ4n) is 5.68. The lowest BCUT2D eigenvalue weighted by Crippen LogP contribution is -2.38. The van der Waals surface area contributed by atoms with Crippen LogP contribution >= 0.6 is 11.3 Å². The Hall–Kier alpha value is -3.71. The average Bonchev–Trinajstić information content (AvgIpc) is 3.50. The lowest BCUT2D eigenvalue weighted by Gasteiger charge is -2.32. The van der Waals surface area contributed by atoms with E-state index in [0.717, 1.165) is 24.1 Å². The summed E-state index contributed by atoms with van der Waals surface area (Å²) in [5.41, 5.74) is 6.66. The summed E-state index contributed by atoms with van der Waals surface area (Å²) in [6, 6.07) is 17.7. The highest BCUT2D eigenvalue weighted by Crippen LogP contribution is 2.44. The molecule has 2 aromatic carbocycles. The van der Waals surface area contributed by atoms with E-state index in [4.69, 9.17) is 9.47 Å². The van der Waals surface area contributed by atoms with Gasteiger partial charge in [0, 0.05) is 22.7 Å². The molecule has 0 saturated carbocycles. The zero-order chi connectivity index (χ0) is 25.5. The quantitative estimate of drug-likeness (QED) is 0.324. The first-order valence-electron chi connectivity index (χ1n) is 12.7. The van der Waals surface area contributed by atoms with E-state index in [2.05, 4.69) is 59.4 Å². The van der Waals surface area contributed by atoms with Crippen molar-refractivity contribution in [2.45, 2.75) is 45.2 Å². The van der Waals surface area contributed by atoms with Crippen LogP contribution in [0.1, 0.15) is 51.7 Å². The molecule has 0 fully saturated rings. The number of carbonyl (C=O) groups excluding carboxylic acids is 1. The largest absolute Gasteiger partial charge is 0.497 e. The minimum absolute atomic E-state index is 0.172. The van der Waals surface area contributed by atoms with Crippen LogP contribution in [0.25, 0.3) is 5.00 Å². The Morgan fingerprint density at radius 2 is 1.86 bits per heavy atom. The average molecular weight is 514 g/mol. The SMILES string of the molecule is COc1ccc(OC)c(NC(=O)N2Cc3c(sc4c3CCCC4)-n3cccc3C2c2cccc(C)c2)c1. The van der Waals surface area contributed by atoms with Crippen LogP contribution in [-0.4, -0.2) is 29.7 Å².